The minimum absolute atomic E-state index is 0.135. The van der Waals surface area contributed by atoms with Crippen molar-refractivity contribution < 1.29 is 4.79 Å². The Morgan fingerprint density at radius 2 is 1.85 bits per heavy atom. The first-order valence-electron chi connectivity index (χ1n) is 10.2. The van der Waals surface area contributed by atoms with Crippen LogP contribution in [0.15, 0.2) is 4.79 Å². The number of aryl methyl sites for hydroxylation is 2. The van der Waals surface area contributed by atoms with Gasteiger partial charge in [-0.25, -0.2) is 4.98 Å². The molecule has 3 heterocycles. The van der Waals surface area contributed by atoms with Crippen molar-refractivity contribution in [1.29, 1.82) is 0 Å². The summed E-state index contributed by atoms with van der Waals surface area (Å²) in [6, 6.07) is 0.160. The van der Waals surface area contributed by atoms with Gasteiger partial charge in [-0.3, -0.25) is 14.2 Å². The highest BCUT2D eigenvalue weighted by Gasteiger charge is 2.34. The third kappa shape index (κ3) is 3.44. The van der Waals surface area contributed by atoms with Gasteiger partial charge in [0.1, 0.15) is 10.7 Å². The summed E-state index contributed by atoms with van der Waals surface area (Å²) in [7, 11) is 0. The predicted molar refractivity (Wildman–Crippen MR) is 110 cm³/mol. The Balaban J connectivity index is 1.65. The van der Waals surface area contributed by atoms with E-state index in [1.54, 1.807) is 11.3 Å². The maximum absolute atomic E-state index is 13.4. The van der Waals surface area contributed by atoms with E-state index in [0.717, 1.165) is 60.4 Å². The maximum atomic E-state index is 13.4. The van der Waals surface area contributed by atoms with Crippen LogP contribution in [0.25, 0.3) is 10.2 Å². The van der Waals surface area contributed by atoms with E-state index in [-0.39, 0.29) is 17.5 Å². The minimum atomic E-state index is 0.135. The second-order valence-electron chi connectivity index (χ2n) is 8.59. The van der Waals surface area contributed by atoms with Crippen molar-refractivity contribution in [2.75, 3.05) is 13.1 Å². The van der Waals surface area contributed by atoms with Crippen LogP contribution in [0.4, 0.5) is 0 Å². The molecular weight excluding hydrogens is 358 g/mol. The second-order valence-corrected chi connectivity index (χ2v) is 9.80. The largest absolute Gasteiger partial charge is 0.343 e. The van der Waals surface area contributed by atoms with E-state index in [2.05, 4.69) is 20.8 Å². The molecule has 27 heavy (non-hydrogen) atoms. The molecule has 2 aromatic rings. The molecule has 2 fully saturated rings. The summed E-state index contributed by atoms with van der Waals surface area (Å²) in [5.41, 5.74) is 1.21. The molecule has 0 aromatic carbocycles. The normalized spacial score (nSPS) is 18.6. The molecule has 146 valence electrons. The van der Waals surface area contributed by atoms with Crippen LogP contribution >= 0.6 is 11.3 Å². The van der Waals surface area contributed by atoms with Crippen LogP contribution in [0.5, 0.6) is 0 Å². The van der Waals surface area contributed by atoms with Crippen LogP contribution in [-0.2, 0) is 4.79 Å². The molecule has 5 nitrogen and oxygen atoms in total. The number of piperidine rings is 1. The first kappa shape index (κ1) is 18.7. The summed E-state index contributed by atoms with van der Waals surface area (Å²) in [6.07, 6.45) is 4.57. The van der Waals surface area contributed by atoms with Gasteiger partial charge in [-0.05, 0) is 51.0 Å². The first-order chi connectivity index (χ1) is 12.9. The lowest BCUT2D eigenvalue weighted by Crippen LogP contribution is -2.42. The number of amides is 1. The van der Waals surface area contributed by atoms with Crippen molar-refractivity contribution in [1.82, 2.24) is 14.5 Å². The van der Waals surface area contributed by atoms with Crippen LogP contribution in [0.1, 0.15) is 74.2 Å². The number of hydrogen-bond donors (Lipinski definition) is 0. The molecule has 1 aliphatic heterocycles. The van der Waals surface area contributed by atoms with Crippen molar-refractivity contribution in [3.63, 3.8) is 0 Å². The van der Waals surface area contributed by atoms with Crippen molar-refractivity contribution >= 4 is 27.5 Å². The smallest absolute Gasteiger partial charge is 0.262 e. The van der Waals surface area contributed by atoms with Crippen LogP contribution in [0, 0.1) is 19.8 Å². The van der Waals surface area contributed by atoms with Crippen LogP contribution in [0.2, 0.25) is 0 Å². The van der Waals surface area contributed by atoms with E-state index in [1.807, 2.05) is 16.4 Å². The van der Waals surface area contributed by atoms with Gasteiger partial charge in [0.25, 0.3) is 5.56 Å². The Hall–Kier alpha value is -1.69. The lowest BCUT2D eigenvalue weighted by Gasteiger charge is -2.34. The SMILES string of the molecule is Cc1sc2nc(C3CC3)n(C3CCN(C(=O)CC(C)C)CC3)c(=O)c2c1C. The molecule has 6 heteroatoms. The third-order valence-corrected chi connectivity index (χ3v) is 7.07. The molecule has 1 saturated carbocycles. The van der Waals surface area contributed by atoms with Crippen LogP contribution in [0.3, 0.4) is 0 Å². The highest BCUT2D eigenvalue weighted by Crippen LogP contribution is 2.41. The summed E-state index contributed by atoms with van der Waals surface area (Å²) in [4.78, 5) is 34.8. The Bertz CT molecular complexity index is 931. The molecule has 1 amide bonds. The Morgan fingerprint density at radius 1 is 1.19 bits per heavy atom. The number of carbonyl (C=O) groups excluding carboxylic acids is 1. The fraction of sp³-hybridized carbons (Fsp3) is 0.667. The summed E-state index contributed by atoms with van der Waals surface area (Å²) < 4.78 is 2.00. The number of nitrogens with zero attached hydrogens (tertiary/aromatic N) is 3. The minimum Gasteiger partial charge on any atom is -0.343 e. The van der Waals surface area contributed by atoms with Gasteiger partial charge < -0.3 is 4.90 Å². The number of thiophene rings is 1. The summed E-state index contributed by atoms with van der Waals surface area (Å²) in [6.45, 7) is 9.75. The Labute approximate surface area is 164 Å². The molecule has 1 saturated heterocycles. The molecule has 4 rings (SSSR count). The lowest BCUT2D eigenvalue weighted by atomic mass is 10.0. The zero-order valence-electron chi connectivity index (χ0n) is 16.7. The van der Waals surface area contributed by atoms with Crippen LogP contribution < -0.4 is 5.56 Å². The second kappa shape index (κ2) is 7.04. The van der Waals surface area contributed by atoms with Gasteiger partial charge in [0.15, 0.2) is 0 Å². The number of fused-ring (bicyclic) bond motifs is 1. The van der Waals surface area contributed by atoms with Crippen molar-refractivity contribution in [2.24, 2.45) is 5.92 Å². The summed E-state index contributed by atoms with van der Waals surface area (Å²) in [5, 5.41) is 0.806. The quantitative estimate of drug-likeness (QED) is 0.791. The van der Waals surface area contributed by atoms with E-state index < -0.39 is 0 Å². The van der Waals surface area contributed by atoms with Crippen LogP contribution in [-0.4, -0.2) is 33.4 Å². The first-order valence-corrected chi connectivity index (χ1v) is 11.0. The highest BCUT2D eigenvalue weighted by atomic mass is 32.1. The molecule has 0 unspecified atom stereocenters. The fourth-order valence-electron chi connectivity index (χ4n) is 4.16. The lowest BCUT2D eigenvalue weighted by molar-refractivity contribution is -0.133. The van der Waals surface area contributed by atoms with E-state index in [4.69, 9.17) is 4.98 Å². The van der Waals surface area contributed by atoms with Gasteiger partial charge in [-0.1, -0.05) is 13.8 Å². The van der Waals surface area contributed by atoms with Crippen molar-refractivity contribution in [3.8, 4) is 0 Å². The Kier molecular flexibility index (Phi) is 4.87. The number of carbonyl (C=O) groups is 1. The average molecular weight is 388 g/mol. The molecular formula is C21H29N3O2S. The zero-order valence-corrected chi connectivity index (χ0v) is 17.6. The topological polar surface area (TPSA) is 55.2 Å². The molecule has 2 aliphatic rings. The van der Waals surface area contributed by atoms with E-state index in [9.17, 15) is 9.59 Å². The van der Waals surface area contributed by atoms with E-state index in [0.29, 0.717) is 18.3 Å². The van der Waals surface area contributed by atoms with Gasteiger partial charge in [-0.2, -0.15) is 0 Å². The average Bonchev–Trinajstić information content (AvgIpc) is 3.41. The number of hydrogen-bond acceptors (Lipinski definition) is 4. The third-order valence-electron chi connectivity index (χ3n) is 5.97. The van der Waals surface area contributed by atoms with Crippen molar-refractivity contribution in [3.05, 3.63) is 26.6 Å². The number of rotatable bonds is 4. The zero-order chi connectivity index (χ0) is 19.3. The van der Waals surface area contributed by atoms with Gasteiger partial charge >= 0.3 is 0 Å². The van der Waals surface area contributed by atoms with Gasteiger partial charge in [0.05, 0.1) is 5.39 Å². The summed E-state index contributed by atoms with van der Waals surface area (Å²) >= 11 is 1.64. The van der Waals surface area contributed by atoms with E-state index >= 15 is 0 Å². The molecule has 0 radical (unpaired) electrons. The highest BCUT2D eigenvalue weighted by molar-refractivity contribution is 7.18. The molecule has 0 atom stereocenters. The maximum Gasteiger partial charge on any atom is 0.262 e. The van der Waals surface area contributed by atoms with Crippen molar-refractivity contribution in [2.45, 2.75) is 71.8 Å². The Morgan fingerprint density at radius 3 is 2.44 bits per heavy atom. The predicted octanol–water partition coefficient (Wildman–Crippen LogP) is 4.16. The molecule has 0 spiro atoms. The number of likely N-dealkylation sites (tertiary alicyclic amines) is 1. The number of aromatic nitrogens is 2. The van der Waals surface area contributed by atoms with Gasteiger partial charge in [-0.15, -0.1) is 11.3 Å². The molecule has 1 aliphatic carbocycles. The van der Waals surface area contributed by atoms with E-state index in [1.165, 1.54) is 4.88 Å². The molecule has 2 aromatic heterocycles. The monoisotopic (exact) mass is 387 g/mol. The standard InChI is InChI=1S/C21H29N3O2S/c1-12(2)11-17(25)23-9-7-16(8-10-23)24-19(15-5-6-15)22-20-18(21(24)26)13(3)14(4)27-20/h12,15-16H,5-11H2,1-4H3. The molecule has 0 bridgehead atoms. The van der Waals surface area contributed by atoms with Gasteiger partial charge in [0, 0.05) is 36.3 Å². The molecule has 0 N–H and O–H groups in total. The fourth-order valence-corrected chi connectivity index (χ4v) is 5.18. The van der Waals surface area contributed by atoms with Gasteiger partial charge in [0.2, 0.25) is 5.91 Å². The summed E-state index contributed by atoms with van der Waals surface area (Å²) in [5.74, 6) is 2.05.